The van der Waals surface area contributed by atoms with Gasteiger partial charge in [-0.15, -0.1) is 0 Å². The van der Waals surface area contributed by atoms with E-state index in [0.717, 1.165) is 36.7 Å². The molecule has 1 heterocycles. The first-order valence-corrected chi connectivity index (χ1v) is 7.54. The van der Waals surface area contributed by atoms with Crippen molar-refractivity contribution in [2.45, 2.75) is 25.4 Å². The Bertz CT molecular complexity index is 434. The minimum atomic E-state index is 0.166. The number of aliphatic hydroxyl groups excluding tert-OH is 1. The Labute approximate surface area is 126 Å². The van der Waals surface area contributed by atoms with Crippen LogP contribution in [0.25, 0.3) is 0 Å². The number of methoxy groups -OCH3 is 2. The van der Waals surface area contributed by atoms with Crippen LogP contribution < -0.4 is 14.8 Å². The van der Waals surface area contributed by atoms with E-state index in [1.54, 1.807) is 14.2 Å². The van der Waals surface area contributed by atoms with Crippen molar-refractivity contribution in [3.63, 3.8) is 0 Å². The summed E-state index contributed by atoms with van der Waals surface area (Å²) < 4.78 is 10.7. The topological polar surface area (TPSA) is 54.0 Å². The monoisotopic (exact) mass is 294 g/mol. The maximum absolute atomic E-state index is 9.30. The van der Waals surface area contributed by atoms with Gasteiger partial charge in [0, 0.05) is 31.2 Å². The molecule has 0 aromatic heterocycles. The molecule has 5 heteroatoms. The molecule has 1 aliphatic rings. The molecular formula is C16H26N2O3. The summed E-state index contributed by atoms with van der Waals surface area (Å²) in [5, 5.41) is 12.8. The Morgan fingerprint density at radius 1 is 1.33 bits per heavy atom. The van der Waals surface area contributed by atoms with Crippen molar-refractivity contribution in [2.75, 3.05) is 40.5 Å². The Hall–Kier alpha value is -1.30. The molecule has 118 valence electrons. The number of hydrogen-bond acceptors (Lipinski definition) is 5. The Morgan fingerprint density at radius 3 is 2.81 bits per heavy atom. The Morgan fingerprint density at radius 2 is 2.19 bits per heavy atom. The lowest BCUT2D eigenvalue weighted by molar-refractivity contribution is 0.177. The molecule has 1 aromatic carbocycles. The van der Waals surface area contributed by atoms with Crippen LogP contribution in [0.4, 0.5) is 0 Å². The number of nitrogens with one attached hydrogen (secondary N) is 1. The van der Waals surface area contributed by atoms with Gasteiger partial charge in [0.1, 0.15) is 11.5 Å². The zero-order valence-corrected chi connectivity index (χ0v) is 13.0. The summed E-state index contributed by atoms with van der Waals surface area (Å²) in [4.78, 5) is 2.26. The maximum atomic E-state index is 9.30. The van der Waals surface area contributed by atoms with Crippen molar-refractivity contribution in [3.8, 4) is 11.5 Å². The number of benzene rings is 1. The normalized spacial score (nSPS) is 18.2. The summed E-state index contributed by atoms with van der Waals surface area (Å²) in [7, 11) is 3.35. The molecule has 21 heavy (non-hydrogen) atoms. The molecule has 0 radical (unpaired) electrons. The lowest BCUT2D eigenvalue weighted by Gasteiger charge is -2.25. The van der Waals surface area contributed by atoms with Gasteiger partial charge in [0.25, 0.3) is 0 Å². The van der Waals surface area contributed by atoms with Crippen LogP contribution in [-0.2, 0) is 6.54 Å². The fourth-order valence-electron chi connectivity index (χ4n) is 2.85. The predicted octanol–water partition coefficient (Wildman–Crippen LogP) is 1.25. The van der Waals surface area contributed by atoms with E-state index in [-0.39, 0.29) is 6.61 Å². The number of rotatable bonds is 8. The first kappa shape index (κ1) is 16.1. The molecule has 0 amide bonds. The second-order valence-corrected chi connectivity index (χ2v) is 5.43. The molecule has 1 fully saturated rings. The minimum Gasteiger partial charge on any atom is -0.497 e. The summed E-state index contributed by atoms with van der Waals surface area (Å²) in [6.45, 7) is 3.62. The van der Waals surface area contributed by atoms with Gasteiger partial charge >= 0.3 is 0 Å². The van der Waals surface area contributed by atoms with E-state index >= 15 is 0 Å². The zero-order chi connectivity index (χ0) is 15.1. The maximum Gasteiger partial charge on any atom is 0.123 e. The molecule has 0 bridgehead atoms. The van der Waals surface area contributed by atoms with Crippen LogP contribution in [0.15, 0.2) is 18.2 Å². The van der Waals surface area contributed by atoms with E-state index < -0.39 is 0 Å². The highest BCUT2D eigenvalue weighted by molar-refractivity contribution is 5.40. The highest BCUT2D eigenvalue weighted by atomic mass is 16.5. The third-order valence-electron chi connectivity index (χ3n) is 3.94. The largest absolute Gasteiger partial charge is 0.497 e. The number of hydrogen-bond donors (Lipinski definition) is 2. The van der Waals surface area contributed by atoms with Crippen molar-refractivity contribution in [1.29, 1.82) is 0 Å². The summed E-state index contributed by atoms with van der Waals surface area (Å²) in [6.07, 6.45) is 2.44. The van der Waals surface area contributed by atoms with E-state index in [1.165, 1.54) is 12.8 Å². The van der Waals surface area contributed by atoms with Gasteiger partial charge < -0.3 is 19.9 Å². The van der Waals surface area contributed by atoms with Crippen LogP contribution in [0, 0.1) is 0 Å². The van der Waals surface area contributed by atoms with E-state index in [2.05, 4.69) is 10.2 Å². The smallest absolute Gasteiger partial charge is 0.123 e. The lowest BCUT2D eigenvalue weighted by Crippen LogP contribution is -2.38. The lowest BCUT2D eigenvalue weighted by atomic mass is 10.1. The first-order valence-electron chi connectivity index (χ1n) is 7.54. The van der Waals surface area contributed by atoms with Gasteiger partial charge in [-0.3, -0.25) is 4.90 Å². The van der Waals surface area contributed by atoms with E-state index in [0.29, 0.717) is 12.6 Å². The fraction of sp³-hybridized carbons (Fsp3) is 0.625. The molecule has 1 atom stereocenters. The molecule has 1 aromatic rings. The average molecular weight is 294 g/mol. The molecule has 5 nitrogen and oxygen atoms in total. The molecule has 2 rings (SSSR count). The van der Waals surface area contributed by atoms with E-state index in [1.807, 2.05) is 18.2 Å². The van der Waals surface area contributed by atoms with Gasteiger partial charge in [0.15, 0.2) is 0 Å². The van der Waals surface area contributed by atoms with Gasteiger partial charge in [-0.1, -0.05) is 0 Å². The summed E-state index contributed by atoms with van der Waals surface area (Å²) in [6, 6.07) is 6.36. The van der Waals surface area contributed by atoms with Crippen LogP contribution in [0.3, 0.4) is 0 Å². The molecule has 1 aliphatic heterocycles. The van der Waals surface area contributed by atoms with Crippen molar-refractivity contribution < 1.29 is 14.6 Å². The SMILES string of the molecule is COc1ccc(OC)c(CN(CCO)CC2CCCN2)c1. The van der Waals surface area contributed by atoms with Crippen molar-refractivity contribution in [1.82, 2.24) is 10.2 Å². The predicted molar refractivity (Wildman–Crippen MR) is 82.9 cm³/mol. The minimum absolute atomic E-state index is 0.166. The van der Waals surface area contributed by atoms with Crippen LogP contribution in [0.2, 0.25) is 0 Å². The highest BCUT2D eigenvalue weighted by Crippen LogP contribution is 2.25. The highest BCUT2D eigenvalue weighted by Gasteiger charge is 2.19. The van der Waals surface area contributed by atoms with Gasteiger partial charge in [0.05, 0.1) is 20.8 Å². The van der Waals surface area contributed by atoms with E-state index in [4.69, 9.17) is 9.47 Å². The molecule has 1 saturated heterocycles. The zero-order valence-electron chi connectivity index (χ0n) is 13.0. The first-order chi connectivity index (χ1) is 10.3. The Balaban J connectivity index is 2.07. The van der Waals surface area contributed by atoms with Gasteiger partial charge in [-0.25, -0.2) is 0 Å². The van der Waals surface area contributed by atoms with E-state index in [9.17, 15) is 5.11 Å². The molecule has 0 aliphatic carbocycles. The third kappa shape index (κ3) is 4.59. The molecule has 2 N–H and O–H groups in total. The van der Waals surface area contributed by atoms with Gasteiger partial charge in [-0.05, 0) is 37.6 Å². The number of ether oxygens (including phenoxy) is 2. The van der Waals surface area contributed by atoms with Crippen molar-refractivity contribution in [3.05, 3.63) is 23.8 Å². The standard InChI is InChI=1S/C16H26N2O3/c1-20-15-5-6-16(21-2)13(10-15)11-18(8-9-19)12-14-4-3-7-17-14/h5-6,10,14,17,19H,3-4,7-9,11-12H2,1-2H3. The summed E-state index contributed by atoms with van der Waals surface area (Å²) >= 11 is 0. The molecule has 1 unspecified atom stereocenters. The third-order valence-corrected chi connectivity index (χ3v) is 3.94. The van der Waals surface area contributed by atoms with Crippen LogP contribution >= 0.6 is 0 Å². The quantitative estimate of drug-likeness (QED) is 0.756. The fourth-order valence-corrected chi connectivity index (χ4v) is 2.85. The number of aliphatic hydroxyl groups is 1. The summed E-state index contributed by atoms with van der Waals surface area (Å²) in [5.41, 5.74) is 1.09. The van der Waals surface area contributed by atoms with Crippen LogP contribution in [0.1, 0.15) is 18.4 Å². The number of nitrogens with zero attached hydrogens (tertiary/aromatic N) is 1. The molecule has 0 spiro atoms. The average Bonchev–Trinajstić information content (AvgIpc) is 3.00. The van der Waals surface area contributed by atoms with Gasteiger partial charge in [0.2, 0.25) is 0 Å². The summed E-state index contributed by atoms with van der Waals surface area (Å²) in [5.74, 6) is 1.69. The van der Waals surface area contributed by atoms with Crippen molar-refractivity contribution >= 4 is 0 Å². The van der Waals surface area contributed by atoms with Gasteiger partial charge in [-0.2, -0.15) is 0 Å². The van der Waals surface area contributed by atoms with Crippen LogP contribution in [-0.4, -0.2) is 56.5 Å². The second-order valence-electron chi connectivity index (χ2n) is 5.43. The van der Waals surface area contributed by atoms with Crippen molar-refractivity contribution in [2.24, 2.45) is 0 Å². The van der Waals surface area contributed by atoms with Crippen LogP contribution in [0.5, 0.6) is 11.5 Å². The molecular weight excluding hydrogens is 268 g/mol. The second kappa shape index (κ2) is 8.22. The molecule has 0 saturated carbocycles. The Kier molecular flexibility index (Phi) is 6.29.